The molecular weight excluding hydrogens is 342 g/mol. The van der Waals surface area contributed by atoms with Crippen LogP contribution in [0, 0.1) is 12.8 Å². The molecule has 1 aromatic carbocycles. The number of hydrogen-bond donors (Lipinski definition) is 1. The van der Waals surface area contributed by atoms with Gasteiger partial charge in [0.1, 0.15) is 5.82 Å². The first-order valence-electron chi connectivity index (χ1n) is 9.18. The lowest BCUT2D eigenvalue weighted by molar-refractivity contribution is -0.121. The summed E-state index contributed by atoms with van der Waals surface area (Å²) in [5, 5.41) is 2.86. The number of nitrogens with zero attached hydrogens (tertiary/aromatic N) is 2. The summed E-state index contributed by atoms with van der Waals surface area (Å²) in [7, 11) is 1.61. The Bertz CT molecular complexity index is 805. The largest absolute Gasteiger partial charge is 0.380 e. The zero-order valence-electron chi connectivity index (χ0n) is 15.8. The Hall–Kier alpha value is -2.73. The standard InChI is InChI=1S/C21H25N3O3/c1-15-9-10-19(22-12-15)23-20(25)16-7-5-11-24(13-16)21(26)18-8-4-3-6-17(18)14-27-2/h3-4,6,8-10,12,16H,5,7,11,13-14H2,1-2H3,(H,22,23,25). The second-order valence-electron chi connectivity index (χ2n) is 6.89. The number of aryl methyl sites for hydroxylation is 1. The Morgan fingerprint density at radius 1 is 1.26 bits per heavy atom. The van der Waals surface area contributed by atoms with Crippen LogP contribution in [0.15, 0.2) is 42.6 Å². The van der Waals surface area contributed by atoms with E-state index in [1.807, 2.05) is 37.3 Å². The first-order chi connectivity index (χ1) is 13.1. The van der Waals surface area contributed by atoms with Crippen molar-refractivity contribution in [3.05, 3.63) is 59.3 Å². The third-order valence-corrected chi connectivity index (χ3v) is 4.79. The number of aromatic nitrogens is 1. The minimum atomic E-state index is -0.236. The average molecular weight is 367 g/mol. The van der Waals surface area contributed by atoms with Crippen molar-refractivity contribution in [2.45, 2.75) is 26.4 Å². The van der Waals surface area contributed by atoms with Gasteiger partial charge in [0.05, 0.1) is 12.5 Å². The fraction of sp³-hybridized carbons (Fsp3) is 0.381. The Morgan fingerprint density at radius 2 is 2.07 bits per heavy atom. The Labute approximate surface area is 159 Å². The van der Waals surface area contributed by atoms with Crippen LogP contribution in [0.1, 0.15) is 34.3 Å². The molecule has 1 saturated heterocycles. The van der Waals surface area contributed by atoms with Gasteiger partial charge in [-0.05, 0) is 43.0 Å². The van der Waals surface area contributed by atoms with Gasteiger partial charge < -0.3 is 15.0 Å². The number of piperidine rings is 1. The van der Waals surface area contributed by atoms with Gasteiger partial charge in [-0.15, -0.1) is 0 Å². The molecule has 27 heavy (non-hydrogen) atoms. The number of amides is 2. The van der Waals surface area contributed by atoms with Crippen LogP contribution >= 0.6 is 0 Å². The maximum Gasteiger partial charge on any atom is 0.254 e. The Kier molecular flexibility index (Phi) is 6.19. The van der Waals surface area contributed by atoms with E-state index in [1.165, 1.54) is 0 Å². The van der Waals surface area contributed by atoms with Gasteiger partial charge in [-0.3, -0.25) is 9.59 Å². The molecule has 2 amide bonds. The highest BCUT2D eigenvalue weighted by atomic mass is 16.5. The van der Waals surface area contributed by atoms with Crippen LogP contribution in [0.4, 0.5) is 5.82 Å². The average Bonchev–Trinajstić information content (AvgIpc) is 2.70. The monoisotopic (exact) mass is 367 g/mol. The number of nitrogens with one attached hydrogen (secondary N) is 1. The van der Waals surface area contributed by atoms with E-state index in [0.717, 1.165) is 24.0 Å². The lowest BCUT2D eigenvalue weighted by atomic mass is 9.96. The molecule has 1 aliphatic heterocycles. The van der Waals surface area contributed by atoms with Gasteiger partial charge in [0.2, 0.25) is 5.91 Å². The molecular formula is C21H25N3O3. The first kappa shape index (κ1) is 19.0. The molecule has 1 fully saturated rings. The molecule has 1 unspecified atom stereocenters. The normalized spacial score (nSPS) is 16.8. The summed E-state index contributed by atoms with van der Waals surface area (Å²) in [6, 6.07) is 11.2. The number of pyridine rings is 1. The van der Waals surface area contributed by atoms with Crippen molar-refractivity contribution in [3.63, 3.8) is 0 Å². The number of anilines is 1. The van der Waals surface area contributed by atoms with Crippen LogP contribution in [0.5, 0.6) is 0 Å². The van der Waals surface area contributed by atoms with E-state index in [0.29, 0.717) is 31.1 Å². The van der Waals surface area contributed by atoms with Gasteiger partial charge >= 0.3 is 0 Å². The van der Waals surface area contributed by atoms with Crippen LogP contribution in [0.3, 0.4) is 0 Å². The number of likely N-dealkylation sites (tertiary alicyclic amines) is 1. The van der Waals surface area contributed by atoms with Crippen molar-refractivity contribution in [2.75, 3.05) is 25.5 Å². The smallest absolute Gasteiger partial charge is 0.254 e. The molecule has 1 aromatic heterocycles. The molecule has 142 valence electrons. The molecule has 1 atom stereocenters. The van der Waals surface area contributed by atoms with E-state index in [2.05, 4.69) is 10.3 Å². The second-order valence-corrected chi connectivity index (χ2v) is 6.89. The van der Waals surface area contributed by atoms with Crippen LogP contribution in [-0.4, -0.2) is 41.9 Å². The van der Waals surface area contributed by atoms with Crippen molar-refractivity contribution in [2.24, 2.45) is 5.92 Å². The third kappa shape index (κ3) is 4.71. The van der Waals surface area contributed by atoms with Gasteiger partial charge in [0.15, 0.2) is 0 Å². The second kappa shape index (κ2) is 8.77. The fourth-order valence-electron chi connectivity index (χ4n) is 3.33. The van der Waals surface area contributed by atoms with E-state index in [1.54, 1.807) is 24.3 Å². The number of carbonyl (C=O) groups is 2. The summed E-state index contributed by atoms with van der Waals surface area (Å²) < 4.78 is 5.20. The van der Waals surface area contributed by atoms with Crippen LogP contribution in [-0.2, 0) is 16.1 Å². The van der Waals surface area contributed by atoms with E-state index >= 15 is 0 Å². The summed E-state index contributed by atoms with van der Waals surface area (Å²) in [5.74, 6) is 0.169. The summed E-state index contributed by atoms with van der Waals surface area (Å²) in [6.07, 6.45) is 3.29. The molecule has 0 spiro atoms. The molecule has 0 bridgehead atoms. The summed E-state index contributed by atoms with van der Waals surface area (Å²) in [6.45, 7) is 3.41. The lowest BCUT2D eigenvalue weighted by Gasteiger charge is -2.32. The van der Waals surface area contributed by atoms with E-state index in [4.69, 9.17) is 4.74 Å². The van der Waals surface area contributed by atoms with Crippen LogP contribution < -0.4 is 5.32 Å². The quantitative estimate of drug-likeness (QED) is 0.882. The minimum absolute atomic E-state index is 0.0476. The van der Waals surface area contributed by atoms with Crippen molar-refractivity contribution >= 4 is 17.6 Å². The summed E-state index contributed by atoms with van der Waals surface area (Å²) in [5.41, 5.74) is 2.54. The van der Waals surface area contributed by atoms with Crippen molar-refractivity contribution < 1.29 is 14.3 Å². The Morgan fingerprint density at radius 3 is 2.81 bits per heavy atom. The molecule has 6 nitrogen and oxygen atoms in total. The van der Waals surface area contributed by atoms with E-state index < -0.39 is 0 Å². The summed E-state index contributed by atoms with van der Waals surface area (Å²) >= 11 is 0. The molecule has 0 saturated carbocycles. The van der Waals surface area contributed by atoms with Gasteiger partial charge in [-0.2, -0.15) is 0 Å². The number of hydrogen-bond acceptors (Lipinski definition) is 4. The van der Waals surface area contributed by atoms with Gasteiger partial charge in [-0.25, -0.2) is 4.98 Å². The Balaban J connectivity index is 1.67. The molecule has 6 heteroatoms. The number of carbonyl (C=O) groups excluding carboxylic acids is 2. The topological polar surface area (TPSA) is 71.5 Å². The van der Waals surface area contributed by atoms with Crippen molar-refractivity contribution in [3.8, 4) is 0 Å². The maximum atomic E-state index is 13.0. The molecule has 2 aromatic rings. The first-order valence-corrected chi connectivity index (χ1v) is 9.18. The van der Waals surface area contributed by atoms with Gasteiger partial charge in [0, 0.05) is 32.0 Å². The zero-order valence-corrected chi connectivity index (χ0v) is 15.8. The van der Waals surface area contributed by atoms with Crippen LogP contribution in [0.2, 0.25) is 0 Å². The van der Waals surface area contributed by atoms with Crippen LogP contribution in [0.25, 0.3) is 0 Å². The molecule has 1 N–H and O–H groups in total. The highest BCUT2D eigenvalue weighted by Gasteiger charge is 2.29. The number of rotatable bonds is 5. The van der Waals surface area contributed by atoms with E-state index in [-0.39, 0.29) is 17.7 Å². The highest BCUT2D eigenvalue weighted by Crippen LogP contribution is 2.22. The predicted octanol–water partition coefficient (Wildman–Crippen LogP) is 3.03. The zero-order chi connectivity index (χ0) is 19.2. The highest BCUT2D eigenvalue weighted by molar-refractivity contribution is 5.97. The minimum Gasteiger partial charge on any atom is -0.380 e. The number of methoxy groups -OCH3 is 1. The SMILES string of the molecule is COCc1ccccc1C(=O)N1CCCC(C(=O)Nc2ccc(C)cn2)C1. The summed E-state index contributed by atoms with van der Waals surface area (Å²) in [4.78, 5) is 31.6. The fourth-order valence-corrected chi connectivity index (χ4v) is 3.33. The molecule has 3 rings (SSSR count). The maximum absolute atomic E-state index is 13.0. The number of benzene rings is 1. The number of ether oxygens (including phenoxy) is 1. The van der Waals surface area contributed by atoms with Crippen molar-refractivity contribution in [1.82, 2.24) is 9.88 Å². The molecule has 2 heterocycles. The lowest BCUT2D eigenvalue weighted by Crippen LogP contribution is -2.44. The van der Waals surface area contributed by atoms with Gasteiger partial charge in [0.25, 0.3) is 5.91 Å². The molecule has 0 aliphatic carbocycles. The molecule has 0 radical (unpaired) electrons. The van der Waals surface area contributed by atoms with E-state index in [9.17, 15) is 9.59 Å². The predicted molar refractivity (Wildman–Crippen MR) is 103 cm³/mol. The van der Waals surface area contributed by atoms with Crippen molar-refractivity contribution in [1.29, 1.82) is 0 Å². The third-order valence-electron chi connectivity index (χ3n) is 4.79. The van der Waals surface area contributed by atoms with Gasteiger partial charge in [-0.1, -0.05) is 24.3 Å². The molecule has 1 aliphatic rings.